The van der Waals surface area contributed by atoms with E-state index < -0.39 is 0 Å². The van der Waals surface area contributed by atoms with Crippen LogP contribution in [0.5, 0.6) is 0 Å². The Labute approximate surface area is 77.5 Å². The molecule has 1 unspecified atom stereocenters. The van der Waals surface area contributed by atoms with Crippen LogP contribution in [0.25, 0.3) is 0 Å². The minimum atomic E-state index is 0.119. The third kappa shape index (κ3) is 1.84. The molecule has 13 heavy (non-hydrogen) atoms. The highest BCUT2D eigenvalue weighted by Gasteiger charge is 2.26. The average Bonchev–Trinajstić information content (AvgIpc) is 3.00. The van der Waals surface area contributed by atoms with Crippen LogP contribution in [0.2, 0.25) is 0 Å². The topological polar surface area (TPSA) is 63.8 Å². The molecule has 1 aliphatic rings. The fourth-order valence-electron chi connectivity index (χ4n) is 1.22. The molecule has 0 radical (unpaired) electrons. The Morgan fingerprint density at radius 2 is 2.08 bits per heavy atom. The largest absolute Gasteiger partial charge is 0.271 e. The lowest BCUT2D eigenvalue weighted by Gasteiger charge is -2.08. The van der Waals surface area contributed by atoms with Crippen LogP contribution in [0, 0.1) is 0 Å². The van der Waals surface area contributed by atoms with E-state index in [2.05, 4.69) is 15.4 Å². The standard InChI is InChI=1S/C9H14N4/c1-6(13-10)8-4-11-9(12-5-8)7-2-3-7/h4-7,13H,2-3,10H2,1H3. The number of hydrazine groups is 1. The van der Waals surface area contributed by atoms with Gasteiger partial charge in [0.1, 0.15) is 5.82 Å². The number of aromatic nitrogens is 2. The van der Waals surface area contributed by atoms with Crippen LogP contribution >= 0.6 is 0 Å². The summed E-state index contributed by atoms with van der Waals surface area (Å²) in [6, 6.07) is 0.119. The highest BCUT2D eigenvalue weighted by atomic mass is 15.2. The molecule has 0 aromatic carbocycles. The number of nitrogens with two attached hydrogens (primary N) is 1. The maximum atomic E-state index is 5.31. The first kappa shape index (κ1) is 8.59. The third-order valence-electron chi connectivity index (χ3n) is 2.38. The zero-order valence-electron chi connectivity index (χ0n) is 7.70. The summed E-state index contributed by atoms with van der Waals surface area (Å²) in [5.74, 6) is 6.91. The summed E-state index contributed by atoms with van der Waals surface area (Å²) in [6.07, 6.45) is 6.18. The van der Waals surface area contributed by atoms with Gasteiger partial charge in [-0.1, -0.05) is 0 Å². The van der Waals surface area contributed by atoms with E-state index >= 15 is 0 Å². The molecule has 1 aromatic rings. The van der Waals surface area contributed by atoms with Gasteiger partial charge in [-0.25, -0.2) is 9.97 Å². The Balaban J connectivity index is 2.12. The summed E-state index contributed by atoms with van der Waals surface area (Å²) in [6.45, 7) is 1.98. The second-order valence-electron chi connectivity index (χ2n) is 3.54. The van der Waals surface area contributed by atoms with Gasteiger partial charge in [0.05, 0.1) is 0 Å². The molecule has 0 spiro atoms. The molecular weight excluding hydrogens is 164 g/mol. The van der Waals surface area contributed by atoms with Crippen LogP contribution in [0.4, 0.5) is 0 Å². The van der Waals surface area contributed by atoms with Crippen molar-refractivity contribution in [2.75, 3.05) is 0 Å². The van der Waals surface area contributed by atoms with Crippen LogP contribution in [-0.2, 0) is 0 Å². The Bertz CT molecular complexity index is 278. The first-order valence-corrected chi connectivity index (χ1v) is 4.59. The Kier molecular flexibility index (Phi) is 2.24. The predicted molar refractivity (Wildman–Crippen MR) is 49.7 cm³/mol. The molecule has 0 bridgehead atoms. The summed E-state index contributed by atoms with van der Waals surface area (Å²) in [5, 5.41) is 0. The van der Waals surface area contributed by atoms with Crippen molar-refractivity contribution in [1.82, 2.24) is 15.4 Å². The number of nitrogens with one attached hydrogen (secondary N) is 1. The fourth-order valence-corrected chi connectivity index (χ4v) is 1.22. The lowest BCUT2D eigenvalue weighted by molar-refractivity contribution is 0.596. The highest BCUT2D eigenvalue weighted by Crippen LogP contribution is 2.37. The van der Waals surface area contributed by atoms with Gasteiger partial charge in [-0.05, 0) is 19.8 Å². The average molecular weight is 178 g/mol. The van der Waals surface area contributed by atoms with E-state index in [1.54, 1.807) is 0 Å². The predicted octanol–water partition coefficient (Wildman–Crippen LogP) is 0.878. The molecule has 1 aliphatic carbocycles. The molecule has 1 fully saturated rings. The molecule has 0 saturated heterocycles. The third-order valence-corrected chi connectivity index (χ3v) is 2.38. The van der Waals surface area contributed by atoms with Crippen molar-refractivity contribution in [3.05, 3.63) is 23.8 Å². The normalized spacial score (nSPS) is 18.6. The molecule has 3 N–H and O–H groups in total. The van der Waals surface area contributed by atoms with Gasteiger partial charge in [0.25, 0.3) is 0 Å². The van der Waals surface area contributed by atoms with E-state index in [1.807, 2.05) is 19.3 Å². The van der Waals surface area contributed by atoms with Crippen LogP contribution in [0.3, 0.4) is 0 Å². The Morgan fingerprint density at radius 1 is 1.46 bits per heavy atom. The zero-order valence-corrected chi connectivity index (χ0v) is 7.70. The Hall–Kier alpha value is -1.00. The van der Waals surface area contributed by atoms with Gasteiger partial charge in [-0.15, -0.1) is 0 Å². The van der Waals surface area contributed by atoms with Gasteiger partial charge in [0.2, 0.25) is 0 Å². The quantitative estimate of drug-likeness (QED) is 0.532. The monoisotopic (exact) mass is 178 g/mol. The van der Waals surface area contributed by atoms with Crippen molar-refractivity contribution in [1.29, 1.82) is 0 Å². The summed E-state index contributed by atoms with van der Waals surface area (Å²) in [5.41, 5.74) is 3.70. The number of nitrogens with zero attached hydrogens (tertiary/aromatic N) is 2. The molecule has 2 rings (SSSR count). The first-order chi connectivity index (χ1) is 6.31. The van der Waals surface area contributed by atoms with E-state index in [1.165, 1.54) is 12.8 Å². The van der Waals surface area contributed by atoms with Crippen LogP contribution in [0.15, 0.2) is 12.4 Å². The SMILES string of the molecule is CC(NN)c1cnc(C2CC2)nc1. The smallest absolute Gasteiger partial charge is 0.131 e. The number of hydrogen-bond donors (Lipinski definition) is 2. The van der Waals surface area contributed by atoms with Gasteiger partial charge < -0.3 is 0 Å². The molecule has 4 heteroatoms. The highest BCUT2D eigenvalue weighted by molar-refractivity contribution is 5.13. The summed E-state index contributed by atoms with van der Waals surface area (Å²) in [4.78, 5) is 8.61. The van der Waals surface area contributed by atoms with E-state index in [9.17, 15) is 0 Å². The molecule has 1 aromatic heterocycles. The molecule has 4 nitrogen and oxygen atoms in total. The van der Waals surface area contributed by atoms with Gasteiger partial charge in [0.15, 0.2) is 0 Å². The maximum absolute atomic E-state index is 5.31. The lowest BCUT2D eigenvalue weighted by atomic mass is 10.2. The lowest BCUT2D eigenvalue weighted by Crippen LogP contribution is -2.25. The minimum absolute atomic E-state index is 0.119. The van der Waals surface area contributed by atoms with Crippen molar-refractivity contribution in [3.63, 3.8) is 0 Å². The van der Waals surface area contributed by atoms with E-state index in [-0.39, 0.29) is 6.04 Å². The maximum Gasteiger partial charge on any atom is 0.131 e. The zero-order chi connectivity index (χ0) is 9.26. The molecule has 1 saturated carbocycles. The summed E-state index contributed by atoms with van der Waals surface area (Å²) >= 11 is 0. The summed E-state index contributed by atoms with van der Waals surface area (Å²) in [7, 11) is 0. The molecule has 1 atom stereocenters. The van der Waals surface area contributed by atoms with Crippen LogP contribution in [0.1, 0.15) is 43.1 Å². The van der Waals surface area contributed by atoms with Crippen molar-refractivity contribution in [3.8, 4) is 0 Å². The van der Waals surface area contributed by atoms with Crippen LogP contribution < -0.4 is 11.3 Å². The van der Waals surface area contributed by atoms with Gasteiger partial charge in [0, 0.05) is 29.9 Å². The number of hydrogen-bond acceptors (Lipinski definition) is 4. The van der Waals surface area contributed by atoms with E-state index in [0.29, 0.717) is 5.92 Å². The van der Waals surface area contributed by atoms with Crippen molar-refractivity contribution in [2.45, 2.75) is 31.7 Å². The van der Waals surface area contributed by atoms with Crippen LogP contribution in [-0.4, -0.2) is 9.97 Å². The van der Waals surface area contributed by atoms with Crippen molar-refractivity contribution < 1.29 is 0 Å². The first-order valence-electron chi connectivity index (χ1n) is 4.59. The second-order valence-corrected chi connectivity index (χ2v) is 3.54. The van der Waals surface area contributed by atoms with E-state index in [0.717, 1.165) is 11.4 Å². The molecular formula is C9H14N4. The van der Waals surface area contributed by atoms with E-state index in [4.69, 9.17) is 5.84 Å². The molecule has 1 heterocycles. The molecule has 0 amide bonds. The van der Waals surface area contributed by atoms with Gasteiger partial charge in [-0.3, -0.25) is 11.3 Å². The summed E-state index contributed by atoms with van der Waals surface area (Å²) < 4.78 is 0. The molecule has 0 aliphatic heterocycles. The second kappa shape index (κ2) is 3.40. The van der Waals surface area contributed by atoms with Gasteiger partial charge >= 0.3 is 0 Å². The van der Waals surface area contributed by atoms with Crippen molar-refractivity contribution in [2.24, 2.45) is 5.84 Å². The fraction of sp³-hybridized carbons (Fsp3) is 0.556. The van der Waals surface area contributed by atoms with Crippen molar-refractivity contribution >= 4 is 0 Å². The molecule has 70 valence electrons. The van der Waals surface area contributed by atoms with Gasteiger partial charge in [-0.2, -0.15) is 0 Å². The number of rotatable bonds is 3. The Morgan fingerprint density at radius 3 is 2.54 bits per heavy atom. The minimum Gasteiger partial charge on any atom is -0.271 e.